The molecule has 0 N–H and O–H groups in total. The van der Waals surface area contributed by atoms with Gasteiger partial charge < -0.3 is 9.80 Å². The first-order valence-corrected chi connectivity index (χ1v) is 9.42. The topological polar surface area (TPSA) is 26.8 Å². The van der Waals surface area contributed by atoms with Crippen LogP contribution >= 0.6 is 0 Å². The van der Waals surface area contributed by atoms with Crippen molar-refractivity contribution in [3.05, 3.63) is 29.3 Å². The molecule has 0 bridgehead atoms. The van der Waals surface area contributed by atoms with Gasteiger partial charge in [-0.15, -0.1) is 0 Å². The van der Waals surface area contributed by atoms with Gasteiger partial charge in [-0.25, -0.2) is 0 Å². The van der Waals surface area contributed by atoms with E-state index in [1.165, 1.54) is 36.1 Å². The number of rotatable bonds is 3. The van der Waals surface area contributed by atoms with E-state index in [1.54, 1.807) is 0 Å². The van der Waals surface area contributed by atoms with Crippen LogP contribution in [0.2, 0.25) is 0 Å². The van der Waals surface area contributed by atoms with E-state index in [0.717, 1.165) is 39.3 Å². The predicted molar refractivity (Wildman–Crippen MR) is 99.6 cm³/mol. The van der Waals surface area contributed by atoms with Crippen molar-refractivity contribution in [2.45, 2.75) is 46.1 Å². The summed E-state index contributed by atoms with van der Waals surface area (Å²) >= 11 is 0. The van der Waals surface area contributed by atoms with Crippen LogP contribution in [-0.2, 0) is 4.79 Å². The zero-order valence-electron chi connectivity index (χ0n) is 15.4. The number of aryl methyl sites for hydroxylation is 1. The molecule has 0 aliphatic carbocycles. The molecule has 0 aromatic heterocycles. The van der Waals surface area contributed by atoms with Gasteiger partial charge in [0.25, 0.3) is 0 Å². The molecule has 2 aliphatic heterocycles. The highest BCUT2D eigenvalue weighted by atomic mass is 16.2. The smallest absolute Gasteiger partial charge is 0.239 e. The molecule has 4 nitrogen and oxygen atoms in total. The van der Waals surface area contributed by atoms with Gasteiger partial charge in [-0.1, -0.05) is 12.1 Å². The zero-order valence-corrected chi connectivity index (χ0v) is 15.4. The first-order chi connectivity index (χ1) is 11.6. The van der Waals surface area contributed by atoms with E-state index in [1.807, 2.05) is 0 Å². The van der Waals surface area contributed by atoms with Crippen molar-refractivity contribution in [3.63, 3.8) is 0 Å². The lowest BCUT2D eigenvalue weighted by Crippen LogP contribution is -2.55. The first kappa shape index (κ1) is 17.3. The van der Waals surface area contributed by atoms with Gasteiger partial charge in [-0.05, 0) is 57.2 Å². The Balaban J connectivity index is 1.58. The lowest BCUT2D eigenvalue weighted by Gasteiger charge is -2.41. The van der Waals surface area contributed by atoms with E-state index in [9.17, 15) is 4.79 Å². The van der Waals surface area contributed by atoms with Crippen molar-refractivity contribution in [3.8, 4) is 0 Å². The molecule has 2 fully saturated rings. The molecule has 4 heteroatoms. The molecule has 1 aromatic rings. The van der Waals surface area contributed by atoms with Gasteiger partial charge in [0, 0.05) is 45.0 Å². The van der Waals surface area contributed by atoms with Gasteiger partial charge in [-0.3, -0.25) is 9.69 Å². The Hall–Kier alpha value is -1.55. The summed E-state index contributed by atoms with van der Waals surface area (Å²) in [6, 6.07) is 6.56. The van der Waals surface area contributed by atoms with E-state index < -0.39 is 0 Å². The number of benzene rings is 1. The van der Waals surface area contributed by atoms with Crippen LogP contribution in [0.25, 0.3) is 0 Å². The number of carbonyl (C=O) groups is 1. The monoisotopic (exact) mass is 329 g/mol. The molecular formula is C20H31N3O. The molecule has 0 radical (unpaired) electrons. The molecule has 2 saturated heterocycles. The molecule has 1 amide bonds. The second-order valence-electron chi connectivity index (χ2n) is 7.30. The maximum absolute atomic E-state index is 12.7. The first-order valence-electron chi connectivity index (χ1n) is 9.42. The van der Waals surface area contributed by atoms with Crippen molar-refractivity contribution < 1.29 is 4.79 Å². The van der Waals surface area contributed by atoms with E-state index in [0.29, 0.717) is 5.91 Å². The van der Waals surface area contributed by atoms with E-state index in [4.69, 9.17) is 0 Å². The number of hydrogen-bond donors (Lipinski definition) is 0. The van der Waals surface area contributed by atoms with Crippen molar-refractivity contribution in [1.82, 2.24) is 9.80 Å². The molecule has 2 heterocycles. The molecule has 1 aromatic carbocycles. The normalized spacial score (nSPS) is 21.0. The van der Waals surface area contributed by atoms with Gasteiger partial charge in [0.1, 0.15) is 0 Å². The molecule has 3 rings (SSSR count). The van der Waals surface area contributed by atoms with Crippen molar-refractivity contribution in [2.75, 3.05) is 44.2 Å². The number of piperidine rings is 1. The average Bonchev–Trinajstić information content (AvgIpc) is 2.64. The average molecular weight is 329 g/mol. The maximum Gasteiger partial charge on any atom is 0.239 e. The van der Waals surface area contributed by atoms with E-state index in [2.05, 4.69) is 53.7 Å². The maximum atomic E-state index is 12.7. The number of carbonyl (C=O) groups excluding carboxylic acids is 1. The summed E-state index contributed by atoms with van der Waals surface area (Å²) in [5.41, 5.74) is 4.08. The standard InChI is InChI=1S/C20H31N3O/c1-16-8-7-9-19(17(16)2)22-14-12-21(13-15-22)18(3)20(24)23-10-5-4-6-11-23/h7-9,18H,4-6,10-15H2,1-3H3. The molecule has 2 aliphatic rings. The fourth-order valence-corrected chi connectivity index (χ4v) is 3.96. The summed E-state index contributed by atoms with van der Waals surface area (Å²) in [5.74, 6) is 0.329. The molecule has 0 spiro atoms. The number of nitrogens with zero attached hydrogens (tertiary/aromatic N) is 3. The van der Waals surface area contributed by atoms with E-state index in [-0.39, 0.29) is 6.04 Å². The lowest BCUT2D eigenvalue weighted by molar-refractivity contribution is -0.137. The minimum absolute atomic E-state index is 0.0175. The van der Waals surface area contributed by atoms with Crippen LogP contribution in [0.1, 0.15) is 37.3 Å². The third-order valence-corrected chi connectivity index (χ3v) is 5.80. The summed E-state index contributed by atoms with van der Waals surface area (Å²) in [6.45, 7) is 12.3. The number of piperazine rings is 1. The highest BCUT2D eigenvalue weighted by Gasteiger charge is 2.29. The minimum Gasteiger partial charge on any atom is -0.369 e. The second-order valence-corrected chi connectivity index (χ2v) is 7.30. The van der Waals surface area contributed by atoms with Crippen LogP contribution in [0.4, 0.5) is 5.69 Å². The molecule has 1 unspecified atom stereocenters. The highest BCUT2D eigenvalue weighted by molar-refractivity contribution is 5.81. The third kappa shape index (κ3) is 3.59. The van der Waals surface area contributed by atoms with Crippen molar-refractivity contribution >= 4 is 11.6 Å². The lowest BCUT2D eigenvalue weighted by atomic mass is 10.1. The number of likely N-dealkylation sites (tertiary alicyclic amines) is 1. The summed E-state index contributed by atoms with van der Waals surface area (Å²) in [6.07, 6.45) is 3.60. The quantitative estimate of drug-likeness (QED) is 0.853. The second kappa shape index (κ2) is 7.56. The highest BCUT2D eigenvalue weighted by Crippen LogP contribution is 2.24. The third-order valence-electron chi connectivity index (χ3n) is 5.80. The van der Waals surface area contributed by atoms with Crippen LogP contribution < -0.4 is 4.90 Å². The summed E-state index contributed by atoms with van der Waals surface area (Å²) < 4.78 is 0. The largest absolute Gasteiger partial charge is 0.369 e. The van der Waals surface area contributed by atoms with Gasteiger partial charge in [0.15, 0.2) is 0 Å². The Kier molecular flexibility index (Phi) is 5.44. The Morgan fingerprint density at radius 1 is 0.958 bits per heavy atom. The van der Waals surface area contributed by atoms with Crippen molar-refractivity contribution in [2.24, 2.45) is 0 Å². The Morgan fingerprint density at radius 2 is 1.62 bits per heavy atom. The SMILES string of the molecule is Cc1cccc(N2CCN(C(C)C(=O)N3CCCCC3)CC2)c1C. The summed E-state index contributed by atoms with van der Waals surface area (Å²) in [4.78, 5) is 19.6. The van der Waals surface area contributed by atoms with Gasteiger partial charge in [0.05, 0.1) is 6.04 Å². The summed E-state index contributed by atoms with van der Waals surface area (Å²) in [5, 5.41) is 0. The van der Waals surface area contributed by atoms with Crippen LogP contribution in [0.3, 0.4) is 0 Å². The fraction of sp³-hybridized carbons (Fsp3) is 0.650. The minimum atomic E-state index is 0.0175. The van der Waals surface area contributed by atoms with Gasteiger partial charge in [-0.2, -0.15) is 0 Å². The van der Waals surface area contributed by atoms with Crippen LogP contribution in [-0.4, -0.2) is 61.0 Å². The number of anilines is 1. The predicted octanol–water partition coefficient (Wildman–Crippen LogP) is 2.83. The molecule has 132 valence electrons. The Labute approximate surface area is 146 Å². The van der Waals surface area contributed by atoms with E-state index >= 15 is 0 Å². The Bertz CT molecular complexity index is 572. The molecular weight excluding hydrogens is 298 g/mol. The summed E-state index contributed by atoms with van der Waals surface area (Å²) in [7, 11) is 0. The van der Waals surface area contributed by atoms with Crippen molar-refractivity contribution in [1.29, 1.82) is 0 Å². The van der Waals surface area contributed by atoms with Crippen LogP contribution in [0.5, 0.6) is 0 Å². The molecule has 24 heavy (non-hydrogen) atoms. The number of hydrogen-bond acceptors (Lipinski definition) is 3. The Morgan fingerprint density at radius 3 is 2.29 bits per heavy atom. The molecule has 0 saturated carbocycles. The number of amides is 1. The zero-order chi connectivity index (χ0) is 17.1. The fourth-order valence-electron chi connectivity index (χ4n) is 3.96. The van der Waals surface area contributed by atoms with Gasteiger partial charge >= 0.3 is 0 Å². The van der Waals surface area contributed by atoms with Crippen LogP contribution in [0, 0.1) is 13.8 Å². The van der Waals surface area contributed by atoms with Crippen LogP contribution in [0.15, 0.2) is 18.2 Å². The van der Waals surface area contributed by atoms with Gasteiger partial charge in [0.2, 0.25) is 5.91 Å². The molecule has 1 atom stereocenters.